The summed E-state index contributed by atoms with van der Waals surface area (Å²) in [5, 5.41) is 4.06. The van der Waals surface area contributed by atoms with Crippen LogP contribution in [0.5, 0.6) is 0 Å². The van der Waals surface area contributed by atoms with Crippen LogP contribution in [0.15, 0.2) is 24.1 Å². The van der Waals surface area contributed by atoms with Gasteiger partial charge in [0.25, 0.3) is 0 Å². The lowest BCUT2D eigenvalue weighted by Crippen LogP contribution is -2.10. The van der Waals surface area contributed by atoms with Crippen molar-refractivity contribution in [2.24, 2.45) is 7.05 Å². The average molecular weight is 192 g/mol. The predicted octanol–water partition coefficient (Wildman–Crippen LogP) is 1.30. The highest BCUT2D eigenvalue weighted by molar-refractivity contribution is 6.07. The molecule has 0 spiro atoms. The van der Waals surface area contributed by atoms with E-state index in [1.807, 2.05) is 0 Å². The number of aryl methyl sites for hydroxylation is 1. The van der Waals surface area contributed by atoms with Gasteiger partial charge in [0.05, 0.1) is 12.9 Å². The van der Waals surface area contributed by atoms with Crippen LogP contribution in [-0.4, -0.2) is 22.2 Å². The van der Waals surface area contributed by atoms with Crippen LogP contribution < -0.4 is 0 Å². The molecule has 0 saturated carbocycles. The molecular weight excluding hydrogens is 180 g/mol. The van der Waals surface area contributed by atoms with E-state index in [9.17, 15) is 4.79 Å². The maximum absolute atomic E-state index is 11.8. The van der Waals surface area contributed by atoms with Crippen molar-refractivity contribution in [2.75, 3.05) is 6.61 Å². The molecule has 1 aliphatic rings. The van der Waals surface area contributed by atoms with Gasteiger partial charge < -0.3 is 4.74 Å². The second-order valence-electron chi connectivity index (χ2n) is 3.32. The monoisotopic (exact) mass is 192 g/mol. The summed E-state index contributed by atoms with van der Waals surface area (Å²) in [5.41, 5.74) is 1.21. The molecule has 0 N–H and O–H groups in total. The molecule has 0 amide bonds. The molecule has 4 heteroatoms. The van der Waals surface area contributed by atoms with Crippen LogP contribution >= 0.6 is 0 Å². The number of Topliss-reactive ketones (excluding diaryl/α,β-unsaturated/α-hetero) is 1. The first-order chi connectivity index (χ1) is 6.77. The summed E-state index contributed by atoms with van der Waals surface area (Å²) >= 11 is 0. The van der Waals surface area contributed by atoms with Crippen molar-refractivity contribution in [3.63, 3.8) is 0 Å². The van der Waals surface area contributed by atoms with Gasteiger partial charge in [0.1, 0.15) is 5.69 Å². The minimum atomic E-state index is -0.0229. The van der Waals surface area contributed by atoms with Crippen molar-refractivity contribution in [1.29, 1.82) is 0 Å². The quantitative estimate of drug-likeness (QED) is 0.663. The number of hydrogen-bond donors (Lipinski definition) is 0. The molecule has 1 aromatic heterocycles. The van der Waals surface area contributed by atoms with Crippen LogP contribution in [0, 0.1) is 0 Å². The normalized spacial score (nSPS) is 15.9. The molecule has 2 rings (SSSR count). The molecule has 1 aliphatic heterocycles. The topological polar surface area (TPSA) is 44.1 Å². The number of ketones is 1. The molecule has 4 nitrogen and oxygen atoms in total. The Kier molecular flexibility index (Phi) is 2.35. The zero-order valence-corrected chi connectivity index (χ0v) is 8.06. The Morgan fingerprint density at radius 1 is 1.64 bits per heavy atom. The van der Waals surface area contributed by atoms with Gasteiger partial charge in [-0.05, 0) is 18.9 Å². The Labute approximate surface area is 82.2 Å². The van der Waals surface area contributed by atoms with Crippen molar-refractivity contribution in [2.45, 2.75) is 12.8 Å². The maximum atomic E-state index is 11.8. The van der Waals surface area contributed by atoms with Crippen molar-refractivity contribution >= 4 is 5.78 Å². The Balaban J connectivity index is 2.19. The van der Waals surface area contributed by atoms with E-state index < -0.39 is 0 Å². The molecule has 74 valence electrons. The number of nitrogens with zero attached hydrogens (tertiary/aromatic N) is 2. The lowest BCUT2D eigenvalue weighted by molar-refractivity contribution is 0.100. The van der Waals surface area contributed by atoms with Gasteiger partial charge in [0.15, 0.2) is 0 Å². The van der Waals surface area contributed by atoms with E-state index in [1.165, 1.54) is 0 Å². The van der Waals surface area contributed by atoms with Gasteiger partial charge >= 0.3 is 0 Å². The molecule has 14 heavy (non-hydrogen) atoms. The molecule has 0 fully saturated rings. The summed E-state index contributed by atoms with van der Waals surface area (Å²) in [5.74, 6) is -0.0229. The van der Waals surface area contributed by atoms with Crippen molar-refractivity contribution in [3.05, 3.63) is 29.8 Å². The molecule has 0 unspecified atom stereocenters. The lowest BCUT2D eigenvalue weighted by atomic mass is 10.0. The van der Waals surface area contributed by atoms with E-state index in [0.29, 0.717) is 12.3 Å². The van der Waals surface area contributed by atoms with Crippen molar-refractivity contribution < 1.29 is 9.53 Å². The van der Waals surface area contributed by atoms with Crippen molar-refractivity contribution in [3.8, 4) is 0 Å². The number of rotatable bonds is 2. The van der Waals surface area contributed by atoms with E-state index >= 15 is 0 Å². The summed E-state index contributed by atoms with van der Waals surface area (Å²) in [6, 6.07) is 1.72. The van der Waals surface area contributed by atoms with E-state index in [-0.39, 0.29) is 5.78 Å². The number of ether oxygens (including phenoxy) is 1. The Morgan fingerprint density at radius 2 is 2.50 bits per heavy atom. The first kappa shape index (κ1) is 8.99. The highest BCUT2D eigenvalue weighted by Crippen LogP contribution is 2.16. The third-order valence-electron chi connectivity index (χ3n) is 2.17. The molecule has 2 heterocycles. The Bertz CT molecular complexity index is 379. The zero-order chi connectivity index (χ0) is 9.97. The smallest absolute Gasteiger partial charge is 0.212 e. The first-order valence-corrected chi connectivity index (χ1v) is 4.62. The van der Waals surface area contributed by atoms with Gasteiger partial charge in [-0.15, -0.1) is 0 Å². The SMILES string of the molecule is Cn1ccc(C(=O)C2=COCCC2)n1. The van der Waals surface area contributed by atoms with E-state index in [2.05, 4.69) is 5.10 Å². The maximum Gasteiger partial charge on any atom is 0.212 e. The summed E-state index contributed by atoms with van der Waals surface area (Å²) in [4.78, 5) is 11.8. The average Bonchev–Trinajstić information content (AvgIpc) is 2.65. The number of carbonyl (C=O) groups is 1. The molecule has 0 radical (unpaired) electrons. The van der Waals surface area contributed by atoms with E-state index in [4.69, 9.17) is 4.74 Å². The second-order valence-corrected chi connectivity index (χ2v) is 3.32. The molecule has 0 atom stereocenters. The summed E-state index contributed by atoms with van der Waals surface area (Å²) in [6.45, 7) is 0.707. The Hall–Kier alpha value is -1.58. The fourth-order valence-corrected chi connectivity index (χ4v) is 1.43. The van der Waals surface area contributed by atoms with Gasteiger partial charge in [-0.3, -0.25) is 9.48 Å². The fourth-order valence-electron chi connectivity index (χ4n) is 1.43. The number of carbonyl (C=O) groups excluding carboxylic acids is 1. The predicted molar refractivity (Wildman–Crippen MR) is 50.8 cm³/mol. The van der Waals surface area contributed by atoms with Crippen LogP contribution in [-0.2, 0) is 11.8 Å². The zero-order valence-electron chi connectivity index (χ0n) is 8.06. The Morgan fingerprint density at radius 3 is 3.07 bits per heavy atom. The van der Waals surface area contributed by atoms with Gasteiger partial charge in [-0.1, -0.05) is 0 Å². The summed E-state index contributed by atoms with van der Waals surface area (Å²) in [7, 11) is 1.79. The van der Waals surface area contributed by atoms with Crippen LogP contribution in [0.2, 0.25) is 0 Å². The first-order valence-electron chi connectivity index (χ1n) is 4.62. The van der Waals surface area contributed by atoms with Gasteiger partial charge in [0, 0.05) is 18.8 Å². The summed E-state index contributed by atoms with van der Waals surface area (Å²) < 4.78 is 6.74. The second kappa shape index (κ2) is 3.65. The standard InChI is InChI=1S/C10H12N2O2/c1-12-5-4-9(11-12)10(13)8-3-2-6-14-7-8/h4-5,7H,2-3,6H2,1H3. The highest BCUT2D eigenvalue weighted by Gasteiger charge is 2.17. The largest absolute Gasteiger partial charge is 0.501 e. The summed E-state index contributed by atoms with van der Waals surface area (Å²) in [6.07, 6.45) is 5.01. The third kappa shape index (κ3) is 1.69. The highest BCUT2D eigenvalue weighted by atomic mass is 16.5. The van der Waals surface area contributed by atoms with Gasteiger partial charge in [-0.25, -0.2) is 0 Å². The molecule has 1 aromatic rings. The fraction of sp³-hybridized carbons (Fsp3) is 0.400. The van der Waals surface area contributed by atoms with Crippen LogP contribution in [0.4, 0.5) is 0 Å². The number of allylic oxidation sites excluding steroid dienone is 1. The molecule has 0 bridgehead atoms. The molecular formula is C10H12N2O2. The molecule has 0 aromatic carbocycles. The minimum absolute atomic E-state index is 0.0229. The van der Waals surface area contributed by atoms with Gasteiger partial charge in [-0.2, -0.15) is 5.10 Å². The molecule has 0 aliphatic carbocycles. The van der Waals surface area contributed by atoms with E-state index in [1.54, 1.807) is 30.3 Å². The van der Waals surface area contributed by atoms with Crippen LogP contribution in [0.3, 0.4) is 0 Å². The lowest BCUT2D eigenvalue weighted by Gasteiger charge is -2.11. The van der Waals surface area contributed by atoms with E-state index in [0.717, 1.165) is 18.4 Å². The van der Waals surface area contributed by atoms with Gasteiger partial charge in [0.2, 0.25) is 5.78 Å². The minimum Gasteiger partial charge on any atom is -0.501 e. The van der Waals surface area contributed by atoms with Crippen LogP contribution in [0.25, 0.3) is 0 Å². The van der Waals surface area contributed by atoms with Crippen LogP contribution in [0.1, 0.15) is 23.3 Å². The third-order valence-corrected chi connectivity index (χ3v) is 2.17. The number of aromatic nitrogens is 2. The van der Waals surface area contributed by atoms with Crippen molar-refractivity contribution in [1.82, 2.24) is 9.78 Å². The molecule has 0 saturated heterocycles. The number of hydrogen-bond acceptors (Lipinski definition) is 3.